The summed E-state index contributed by atoms with van der Waals surface area (Å²) in [4.78, 5) is 23.8. The molecule has 0 spiro atoms. The van der Waals surface area contributed by atoms with Crippen LogP contribution in [-0.4, -0.2) is 31.1 Å². The fourth-order valence-electron chi connectivity index (χ4n) is 1.93. The van der Waals surface area contributed by atoms with Crippen LogP contribution in [-0.2, 0) is 19.1 Å². The maximum Gasteiger partial charge on any atom is 0.351 e. The molecule has 1 heterocycles. The van der Waals surface area contributed by atoms with E-state index in [1.165, 1.54) is 7.05 Å². The summed E-state index contributed by atoms with van der Waals surface area (Å²) < 4.78 is 10.3. The molecular weight excluding hydrogens is 234 g/mol. The number of hydrogen-bond donors (Lipinski definition) is 1. The highest BCUT2D eigenvalue weighted by Gasteiger charge is 2.70. The van der Waals surface area contributed by atoms with E-state index in [-0.39, 0.29) is 6.61 Å². The second-order valence-electron chi connectivity index (χ2n) is 3.94. The highest BCUT2D eigenvalue weighted by atomic mass is 16.7. The second kappa shape index (κ2) is 4.78. The molecule has 18 heavy (non-hydrogen) atoms. The quantitative estimate of drug-likeness (QED) is 0.487. The number of nitrogens with one attached hydrogen (secondary N) is 1. The van der Waals surface area contributed by atoms with Crippen molar-refractivity contribution in [1.29, 1.82) is 0 Å². The number of benzene rings is 1. The molecule has 2 atom stereocenters. The summed E-state index contributed by atoms with van der Waals surface area (Å²) >= 11 is 0. The summed E-state index contributed by atoms with van der Waals surface area (Å²) in [6.07, 6.45) is -0.572. The van der Waals surface area contributed by atoms with Crippen LogP contribution < -0.4 is 5.32 Å². The van der Waals surface area contributed by atoms with Gasteiger partial charge in [-0.15, -0.1) is 0 Å². The zero-order valence-corrected chi connectivity index (χ0v) is 10.3. The van der Waals surface area contributed by atoms with Crippen LogP contribution in [0.2, 0.25) is 0 Å². The smallest absolute Gasteiger partial charge is 0.351 e. The molecule has 0 aromatic heterocycles. The van der Waals surface area contributed by atoms with E-state index < -0.39 is 23.6 Å². The Balaban J connectivity index is 2.26. The van der Waals surface area contributed by atoms with Gasteiger partial charge in [-0.2, -0.15) is 0 Å². The van der Waals surface area contributed by atoms with Gasteiger partial charge >= 0.3 is 5.97 Å². The van der Waals surface area contributed by atoms with Crippen molar-refractivity contribution in [2.45, 2.75) is 18.6 Å². The van der Waals surface area contributed by atoms with Gasteiger partial charge in [0.2, 0.25) is 0 Å². The van der Waals surface area contributed by atoms with E-state index >= 15 is 0 Å². The summed E-state index contributed by atoms with van der Waals surface area (Å²) in [7, 11) is 1.47. The predicted molar refractivity (Wildman–Crippen MR) is 63.7 cm³/mol. The third kappa shape index (κ3) is 1.86. The Bertz CT molecular complexity index is 459. The zero-order chi connectivity index (χ0) is 13.2. The lowest BCUT2D eigenvalue weighted by atomic mass is 9.98. The number of esters is 1. The van der Waals surface area contributed by atoms with E-state index in [4.69, 9.17) is 9.47 Å². The van der Waals surface area contributed by atoms with Gasteiger partial charge in [-0.3, -0.25) is 4.79 Å². The van der Waals surface area contributed by atoms with Crippen LogP contribution >= 0.6 is 0 Å². The zero-order valence-electron chi connectivity index (χ0n) is 10.3. The Hall–Kier alpha value is -1.88. The Morgan fingerprint density at radius 1 is 1.39 bits per heavy atom. The van der Waals surface area contributed by atoms with E-state index in [0.717, 1.165) is 5.56 Å². The lowest BCUT2D eigenvalue weighted by Crippen LogP contribution is -2.43. The highest BCUT2D eigenvalue weighted by molar-refractivity contribution is 6.09. The first-order chi connectivity index (χ1) is 8.66. The predicted octanol–water partition coefficient (Wildman–Crippen LogP) is 0.806. The van der Waals surface area contributed by atoms with Crippen molar-refractivity contribution in [1.82, 2.24) is 5.32 Å². The molecule has 1 aromatic rings. The molecule has 5 heteroatoms. The fourth-order valence-corrected chi connectivity index (χ4v) is 1.93. The topological polar surface area (TPSA) is 67.9 Å². The summed E-state index contributed by atoms with van der Waals surface area (Å²) in [5.74, 6) is -1.12. The van der Waals surface area contributed by atoms with E-state index in [1.807, 2.05) is 30.3 Å². The van der Waals surface area contributed by atoms with Crippen LogP contribution in [0.4, 0.5) is 0 Å². The fraction of sp³-hybridized carbons (Fsp3) is 0.385. The Kier molecular flexibility index (Phi) is 3.34. The molecule has 2 rings (SSSR count). The molecule has 0 radical (unpaired) electrons. The van der Waals surface area contributed by atoms with Gasteiger partial charge in [0.25, 0.3) is 11.5 Å². The molecule has 0 saturated carbocycles. The van der Waals surface area contributed by atoms with Gasteiger partial charge in [0.15, 0.2) is 0 Å². The SMILES string of the molecule is CCOC(=O)C1(C(=O)NC)OC1c1ccccc1. The van der Waals surface area contributed by atoms with Gasteiger partial charge in [0.1, 0.15) is 6.10 Å². The van der Waals surface area contributed by atoms with Crippen LogP contribution in [0.15, 0.2) is 30.3 Å². The maximum atomic E-state index is 11.9. The summed E-state index contributed by atoms with van der Waals surface area (Å²) in [5.41, 5.74) is -0.735. The van der Waals surface area contributed by atoms with Crippen molar-refractivity contribution in [2.75, 3.05) is 13.7 Å². The van der Waals surface area contributed by atoms with Crippen molar-refractivity contribution in [3.63, 3.8) is 0 Å². The van der Waals surface area contributed by atoms with Crippen LogP contribution in [0.5, 0.6) is 0 Å². The minimum absolute atomic E-state index is 0.211. The van der Waals surface area contributed by atoms with Crippen LogP contribution in [0.25, 0.3) is 0 Å². The first-order valence-corrected chi connectivity index (χ1v) is 5.79. The van der Waals surface area contributed by atoms with Crippen LogP contribution in [0.3, 0.4) is 0 Å². The minimum atomic E-state index is -1.52. The molecule has 5 nitrogen and oxygen atoms in total. The Morgan fingerprint density at radius 3 is 2.61 bits per heavy atom. The standard InChI is InChI=1S/C13H15NO4/c1-3-17-12(16)13(11(15)14-2)10(18-13)9-7-5-4-6-8-9/h4-8,10H,3H2,1-2H3,(H,14,15). The normalized spacial score (nSPS) is 25.3. The Morgan fingerprint density at radius 2 is 2.06 bits per heavy atom. The van der Waals surface area contributed by atoms with E-state index in [0.29, 0.717) is 0 Å². The molecule has 96 valence electrons. The molecule has 1 aliphatic heterocycles. The number of hydrogen-bond acceptors (Lipinski definition) is 4. The average Bonchev–Trinajstić information content (AvgIpc) is 3.16. The first-order valence-electron chi connectivity index (χ1n) is 5.79. The van der Waals surface area contributed by atoms with Crippen molar-refractivity contribution >= 4 is 11.9 Å². The van der Waals surface area contributed by atoms with Gasteiger partial charge in [-0.25, -0.2) is 4.79 Å². The molecule has 1 saturated heterocycles. The van der Waals surface area contributed by atoms with Gasteiger partial charge in [-0.05, 0) is 12.5 Å². The van der Waals surface area contributed by atoms with Crippen molar-refractivity contribution in [3.05, 3.63) is 35.9 Å². The monoisotopic (exact) mass is 249 g/mol. The molecule has 1 N–H and O–H groups in total. The molecular formula is C13H15NO4. The number of carbonyl (C=O) groups is 2. The third-order valence-electron chi connectivity index (χ3n) is 2.86. The van der Waals surface area contributed by atoms with Gasteiger partial charge < -0.3 is 14.8 Å². The van der Waals surface area contributed by atoms with Gasteiger partial charge in [-0.1, -0.05) is 30.3 Å². The summed E-state index contributed by atoms with van der Waals surface area (Å²) in [6, 6.07) is 9.15. The van der Waals surface area contributed by atoms with Gasteiger partial charge in [0.05, 0.1) is 6.61 Å². The lowest BCUT2D eigenvalue weighted by molar-refractivity contribution is -0.153. The number of amides is 1. The number of epoxide rings is 1. The van der Waals surface area contributed by atoms with E-state index in [2.05, 4.69) is 5.32 Å². The molecule has 0 aliphatic carbocycles. The van der Waals surface area contributed by atoms with Crippen LogP contribution in [0.1, 0.15) is 18.6 Å². The molecule has 1 fully saturated rings. The molecule has 2 unspecified atom stereocenters. The summed E-state index contributed by atoms with van der Waals surface area (Å²) in [5, 5.41) is 2.44. The second-order valence-corrected chi connectivity index (χ2v) is 3.94. The van der Waals surface area contributed by atoms with Crippen molar-refractivity contribution < 1.29 is 19.1 Å². The molecule has 0 bridgehead atoms. The van der Waals surface area contributed by atoms with Crippen molar-refractivity contribution in [2.24, 2.45) is 0 Å². The summed E-state index contributed by atoms with van der Waals surface area (Å²) in [6.45, 7) is 1.90. The number of rotatable bonds is 4. The highest BCUT2D eigenvalue weighted by Crippen LogP contribution is 2.50. The minimum Gasteiger partial charge on any atom is -0.463 e. The Labute approximate surface area is 105 Å². The van der Waals surface area contributed by atoms with Crippen LogP contribution in [0, 0.1) is 0 Å². The van der Waals surface area contributed by atoms with Gasteiger partial charge in [0, 0.05) is 7.05 Å². The molecule has 1 aromatic carbocycles. The largest absolute Gasteiger partial charge is 0.463 e. The number of ether oxygens (including phenoxy) is 2. The number of likely N-dealkylation sites (N-methyl/N-ethyl adjacent to an activating group) is 1. The van der Waals surface area contributed by atoms with Crippen molar-refractivity contribution in [3.8, 4) is 0 Å². The molecule has 1 amide bonds. The first kappa shape index (κ1) is 12.6. The maximum absolute atomic E-state index is 11.9. The third-order valence-corrected chi connectivity index (χ3v) is 2.86. The average molecular weight is 249 g/mol. The number of carbonyl (C=O) groups excluding carboxylic acids is 2. The lowest BCUT2D eigenvalue weighted by Gasteiger charge is -2.10. The van der Waals surface area contributed by atoms with E-state index in [9.17, 15) is 9.59 Å². The molecule has 1 aliphatic rings. The van der Waals surface area contributed by atoms with E-state index in [1.54, 1.807) is 6.92 Å².